The summed E-state index contributed by atoms with van der Waals surface area (Å²) < 4.78 is 0. The van der Waals surface area contributed by atoms with Crippen molar-refractivity contribution in [1.82, 2.24) is 0 Å². The van der Waals surface area contributed by atoms with Crippen LogP contribution in [0.3, 0.4) is 0 Å². The summed E-state index contributed by atoms with van der Waals surface area (Å²) in [7, 11) is 0. The van der Waals surface area contributed by atoms with Crippen molar-refractivity contribution in [3.63, 3.8) is 0 Å². The molecule has 0 aliphatic carbocycles. The van der Waals surface area contributed by atoms with E-state index in [4.69, 9.17) is 0 Å². The molecule has 0 fully saturated rings. The standard InChI is InChI=1S/C20H25N3O2/c1-13(2)16-8-10-17(11-9-16)23-20(25)14(3)21-18-6-5-7-19(12-18)22-15(4)24/h5-14,21H,1-4H3,(H,22,24)(H,23,25)/t14-/m0/s1. The predicted molar refractivity (Wildman–Crippen MR) is 103 cm³/mol. The number of benzene rings is 2. The molecule has 0 radical (unpaired) electrons. The highest BCUT2D eigenvalue weighted by atomic mass is 16.2. The Balaban J connectivity index is 1.97. The molecule has 5 nitrogen and oxygen atoms in total. The second-order valence-corrected chi connectivity index (χ2v) is 6.39. The number of nitrogens with one attached hydrogen (secondary N) is 3. The number of hydrogen-bond acceptors (Lipinski definition) is 3. The van der Waals surface area contributed by atoms with Crippen LogP contribution in [0.2, 0.25) is 0 Å². The van der Waals surface area contributed by atoms with E-state index in [9.17, 15) is 9.59 Å². The smallest absolute Gasteiger partial charge is 0.246 e. The summed E-state index contributed by atoms with van der Waals surface area (Å²) in [4.78, 5) is 23.5. The molecule has 0 heterocycles. The first-order valence-electron chi connectivity index (χ1n) is 8.40. The Bertz CT molecular complexity index is 739. The molecule has 0 bridgehead atoms. The zero-order chi connectivity index (χ0) is 18.4. The lowest BCUT2D eigenvalue weighted by atomic mass is 10.0. The summed E-state index contributed by atoms with van der Waals surface area (Å²) in [6.07, 6.45) is 0. The fraction of sp³-hybridized carbons (Fsp3) is 0.300. The lowest BCUT2D eigenvalue weighted by Crippen LogP contribution is -2.31. The summed E-state index contributed by atoms with van der Waals surface area (Å²) >= 11 is 0. The van der Waals surface area contributed by atoms with Gasteiger partial charge in [-0.1, -0.05) is 32.0 Å². The molecule has 0 aliphatic rings. The molecule has 25 heavy (non-hydrogen) atoms. The molecule has 2 amide bonds. The molecule has 0 unspecified atom stereocenters. The van der Waals surface area contributed by atoms with Crippen LogP contribution in [0.4, 0.5) is 17.1 Å². The summed E-state index contributed by atoms with van der Waals surface area (Å²) in [5, 5.41) is 8.77. The third kappa shape index (κ3) is 5.64. The lowest BCUT2D eigenvalue weighted by Gasteiger charge is -2.16. The van der Waals surface area contributed by atoms with E-state index < -0.39 is 6.04 Å². The van der Waals surface area contributed by atoms with Gasteiger partial charge in [-0.3, -0.25) is 9.59 Å². The van der Waals surface area contributed by atoms with Gasteiger partial charge in [0, 0.05) is 24.0 Å². The Morgan fingerprint density at radius 3 is 2.08 bits per heavy atom. The van der Waals surface area contributed by atoms with E-state index in [0.717, 1.165) is 11.4 Å². The summed E-state index contributed by atoms with van der Waals surface area (Å²) in [6, 6.07) is 14.7. The quantitative estimate of drug-likeness (QED) is 0.738. The summed E-state index contributed by atoms with van der Waals surface area (Å²) in [5.41, 5.74) is 3.47. The maximum atomic E-state index is 12.4. The third-order valence-corrected chi connectivity index (χ3v) is 3.80. The van der Waals surface area contributed by atoms with Crippen LogP contribution in [0.15, 0.2) is 48.5 Å². The van der Waals surface area contributed by atoms with E-state index in [-0.39, 0.29) is 11.8 Å². The fourth-order valence-electron chi connectivity index (χ4n) is 2.41. The maximum Gasteiger partial charge on any atom is 0.246 e. The Morgan fingerprint density at radius 1 is 0.840 bits per heavy atom. The first-order chi connectivity index (χ1) is 11.8. The zero-order valence-electron chi connectivity index (χ0n) is 15.1. The van der Waals surface area contributed by atoms with Crippen LogP contribution in [-0.2, 0) is 9.59 Å². The maximum absolute atomic E-state index is 12.4. The summed E-state index contributed by atoms with van der Waals surface area (Å²) in [6.45, 7) is 7.52. The molecule has 2 aromatic carbocycles. The second kappa shape index (κ2) is 8.33. The van der Waals surface area contributed by atoms with E-state index >= 15 is 0 Å². The topological polar surface area (TPSA) is 70.2 Å². The van der Waals surface area contributed by atoms with Crippen molar-refractivity contribution in [1.29, 1.82) is 0 Å². The van der Waals surface area contributed by atoms with Crippen LogP contribution >= 0.6 is 0 Å². The molecule has 1 atom stereocenters. The van der Waals surface area contributed by atoms with Crippen molar-refractivity contribution in [2.45, 2.75) is 39.7 Å². The van der Waals surface area contributed by atoms with Crippen molar-refractivity contribution < 1.29 is 9.59 Å². The average molecular weight is 339 g/mol. The minimum Gasteiger partial charge on any atom is -0.374 e. The highest BCUT2D eigenvalue weighted by Gasteiger charge is 2.13. The van der Waals surface area contributed by atoms with Gasteiger partial charge in [-0.05, 0) is 48.7 Å². The van der Waals surface area contributed by atoms with Crippen molar-refractivity contribution >= 4 is 28.9 Å². The number of rotatable bonds is 6. The van der Waals surface area contributed by atoms with Crippen LogP contribution in [0.5, 0.6) is 0 Å². The van der Waals surface area contributed by atoms with Crippen LogP contribution in [0.1, 0.15) is 39.2 Å². The van der Waals surface area contributed by atoms with Crippen molar-refractivity contribution in [3.05, 3.63) is 54.1 Å². The van der Waals surface area contributed by atoms with E-state index in [1.54, 1.807) is 19.1 Å². The average Bonchev–Trinajstić information content (AvgIpc) is 2.55. The highest BCUT2D eigenvalue weighted by molar-refractivity contribution is 5.96. The van der Waals surface area contributed by atoms with Crippen LogP contribution in [-0.4, -0.2) is 17.9 Å². The van der Waals surface area contributed by atoms with Gasteiger partial charge in [0.15, 0.2) is 0 Å². The van der Waals surface area contributed by atoms with E-state index in [2.05, 4.69) is 29.8 Å². The SMILES string of the molecule is CC(=O)Nc1cccc(N[C@@H](C)C(=O)Nc2ccc(C(C)C)cc2)c1. The van der Waals surface area contributed by atoms with Crippen molar-refractivity contribution in [2.75, 3.05) is 16.0 Å². The van der Waals surface area contributed by atoms with Gasteiger partial charge in [-0.25, -0.2) is 0 Å². The summed E-state index contributed by atoms with van der Waals surface area (Å²) in [5.74, 6) is 0.205. The van der Waals surface area contributed by atoms with E-state index in [1.807, 2.05) is 36.4 Å². The number of carbonyl (C=O) groups excluding carboxylic acids is 2. The molecule has 0 saturated heterocycles. The minimum atomic E-state index is -0.419. The second-order valence-electron chi connectivity index (χ2n) is 6.39. The molecule has 0 saturated carbocycles. The van der Waals surface area contributed by atoms with Gasteiger partial charge >= 0.3 is 0 Å². The molecular formula is C20H25N3O2. The molecular weight excluding hydrogens is 314 g/mol. The Kier molecular flexibility index (Phi) is 6.17. The number of anilines is 3. The van der Waals surface area contributed by atoms with Gasteiger partial charge in [0.05, 0.1) is 0 Å². The molecule has 132 valence electrons. The Morgan fingerprint density at radius 2 is 1.48 bits per heavy atom. The lowest BCUT2D eigenvalue weighted by molar-refractivity contribution is -0.116. The highest BCUT2D eigenvalue weighted by Crippen LogP contribution is 2.18. The first-order valence-corrected chi connectivity index (χ1v) is 8.40. The van der Waals surface area contributed by atoms with Crippen molar-refractivity contribution in [3.8, 4) is 0 Å². The Hall–Kier alpha value is -2.82. The number of hydrogen-bond donors (Lipinski definition) is 3. The molecule has 2 aromatic rings. The largest absolute Gasteiger partial charge is 0.374 e. The molecule has 2 rings (SSSR count). The van der Waals surface area contributed by atoms with Gasteiger partial charge in [0.2, 0.25) is 11.8 Å². The van der Waals surface area contributed by atoms with Gasteiger partial charge < -0.3 is 16.0 Å². The van der Waals surface area contributed by atoms with Crippen LogP contribution in [0.25, 0.3) is 0 Å². The van der Waals surface area contributed by atoms with Gasteiger partial charge in [0.25, 0.3) is 0 Å². The van der Waals surface area contributed by atoms with Crippen LogP contribution in [0, 0.1) is 0 Å². The molecule has 0 spiro atoms. The van der Waals surface area contributed by atoms with Crippen molar-refractivity contribution in [2.24, 2.45) is 0 Å². The Labute approximate surface area is 148 Å². The van der Waals surface area contributed by atoms with E-state index in [0.29, 0.717) is 11.6 Å². The molecule has 5 heteroatoms. The fourth-order valence-corrected chi connectivity index (χ4v) is 2.41. The minimum absolute atomic E-state index is 0.123. The van der Waals surface area contributed by atoms with E-state index in [1.165, 1.54) is 12.5 Å². The van der Waals surface area contributed by atoms with Crippen LogP contribution < -0.4 is 16.0 Å². The number of amides is 2. The third-order valence-electron chi connectivity index (χ3n) is 3.80. The predicted octanol–water partition coefficient (Wildman–Crippen LogP) is 4.21. The monoisotopic (exact) mass is 339 g/mol. The van der Waals surface area contributed by atoms with Gasteiger partial charge in [-0.2, -0.15) is 0 Å². The molecule has 0 aromatic heterocycles. The zero-order valence-corrected chi connectivity index (χ0v) is 15.1. The number of carbonyl (C=O) groups is 2. The van der Waals surface area contributed by atoms with Gasteiger partial charge in [0.1, 0.15) is 6.04 Å². The normalized spacial score (nSPS) is 11.7. The molecule has 0 aliphatic heterocycles. The van der Waals surface area contributed by atoms with Gasteiger partial charge in [-0.15, -0.1) is 0 Å². The first kappa shape index (κ1) is 18.5. The molecule has 3 N–H and O–H groups in total.